The van der Waals surface area contributed by atoms with Gasteiger partial charge in [-0.3, -0.25) is 14.9 Å². The lowest BCUT2D eigenvalue weighted by Crippen LogP contribution is -2.30. The minimum absolute atomic E-state index is 0.199. The smallest absolute Gasteiger partial charge is 0.268 e. The Bertz CT molecular complexity index is 985. The van der Waals surface area contributed by atoms with Gasteiger partial charge < -0.3 is 15.4 Å². The molecule has 0 unspecified atom stereocenters. The van der Waals surface area contributed by atoms with Gasteiger partial charge in [-0.1, -0.05) is 30.3 Å². The van der Waals surface area contributed by atoms with Crippen LogP contribution in [0.2, 0.25) is 0 Å². The van der Waals surface area contributed by atoms with Crippen molar-refractivity contribution in [3.63, 3.8) is 0 Å². The van der Waals surface area contributed by atoms with E-state index >= 15 is 0 Å². The van der Waals surface area contributed by atoms with Crippen LogP contribution in [0.4, 0.5) is 5.95 Å². The van der Waals surface area contributed by atoms with E-state index in [9.17, 15) is 14.7 Å². The van der Waals surface area contributed by atoms with E-state index in [1.54, 1.807) is 18.5 Å². The third kappa shape index (κ3) is 4.41. The van der Waals surface area contributed by atoms with Crippen LogP contribution >= 0.6 is 0 Å². The Morgan fingerprint density at radius 1 is 1.25 bits per heavy atom. The number of aryl methyl sites for hydroxylation is 1. The molecule has 0 aliphatic heterocycles. The summed E-state index contributed by atoms with van der Waals surface area (Å²) in [4.78, 5) is 35.1. The number of anilines is 1. The van der Waals surface area contributed by atoms with Gasteiger partial charge in [-0.05, 0) is 24.1 Å². The average molecular weight is 379 g/mol. The van der Waals surface area contributed by atoms with E-state index in [1.807, 2.05) is 37.3 Å². The molecule has 1 aromatic carbocycles. The van der Waals surface area contributed by atoms with Crippen LogP contribution in [0, 0.1) is 6.92 Å². The molecule has 0 saturated heterocycles. The highest BCUT2D eigenvalue weighted by molar-refractivity contribution is 5.94. The van der Waals surface area contributed by atoms with Crippen molar-refractivity contribution in [3.8, 4) is 11.3 Å². The highest BCUT2D eigenvalue weighted by Crippen LogP contribution is 2.23. The number of H-pyrrole nitrogens is 1. The zero-order valence-electron chi connectivity index (χ0n) is 15.6. The molecule has 2 aromatic heterocycles. The Morgan fingerprint density at radius 3 is 2.68 bits per heavy atom. The van der Waals surface area contributed by atoms with Gasteiger partial charge in [0.1, 0.15) is 5.69 Å². The Morgan fingerprint density at radius 2 is 2.00 bits per heavy atom. The van der Waals surface area contributed by atoms with Crippen LogP contribution in [0.15, 0.2) is 48.8 Å². The van der Waals surface area contributed by atoms with E-state index in [2.05, 4.69) is 25.6 Å². The minimum atomic E-state index is -0.507. The number of aromatic nitrogens is 3. The van der Waals surface area contributed by atoms with Crippen LogP contribution in [0.5, 0.6) is 0 Å². The number of hydrogen-bond acceptors (Lipinski definition) is 5. The summed E-state index contributed by atoms with van der Waals surface area (Å²) in [5.74, 6) is -0.410. The van der Waals surface area contributed by atoms with E-state index in [1.165, 1.54) is 6.92 Å². The number of aromatic amines is 1. The Kier molecular flexibility index (Phi) is 5.81. The van der Waals surface area contributed by atoms with Crippen LogP contribution < -0.4 is 10.6 Å². The second kappa shape index (κ2) is 8.45. The van der Waals surface area contributed by atoms with E-state index in [-0.39, 0.29) is 24.4 Å². The lowest BCUT2D eigenvalue weighted by atomic mass is 10.1. The first-order chi connectivity index (χ1) is 13.5. The molecule has 0 spiro atoms. The van der Waals surface area contributed by atoms with Crippen molar-refractivity contribution < 1.29 is 14.7 Å². The van der Waals surface area contributed by atoms with Crippen LogP contribution in [0.3, 0.4) is 0 Å². The lowest BCUT2D eigenvalue weighted by Gasteiger charge is -2.16. The molecule has 2 amide bonds. The number of nitrogens with one attached hydrogen (secondary N) is 3. The molecule has 0 saturated carbocycles. The Balaban J connectivity index is 1.80. The third-order valence-electron chi connectivity index (χ3n) is 4.15. The minimum Gasteiger partial charge on any atom is -0.394 e. The number of aliphatic hydroxyl groups excluding tert-OH is 1. The number of benzene rings is 1. The Hall–Kier alpha value is -3.52. The van der Waals surface area contributed by atoms with Gasteiger partial charge in [-0.25, -0.2) is 9.97 Å². The SMILES string of the molecule is CC(=O)Nc1ncc(C)c(-c2c[nH]c(C(=O)N[C@H](CO)c3ccccc3)c2)n1. The molecule has 8 nitrogen and oxygen atoms in total. The third-order valence-corrected chi connectivity index (χ3v) is 4.15. The van der Waals surface area contributed by atoms with Crippen molar-refractivity contribution in [1.82, 2.24) is 20.3 Å². The molecule has 3 rings (SSSR count). The molecule has 1 atom stereocenters. The number of aliphatic hydroxyl groups is 1. The number of hydrogen-bond donors (Lipinski definition) is 4. The zero-order chi connectivity index (χ0) is 20.1. The maximum Gasteiger partial charge on any atom is 0.268 e. The van der Waals surface area contributed by atoms with Gasteiger partial charge in [-0.15, -0.1) is 0 Å². The van der Waals surface area contributed by atoms with Gasteiger partial charge in [0.05, 0.1) is 18.3 Å². The molecule has 144 valence electrons. The molecule has 28 heavy (non-hydrogen) atoms. The molecule has 0 radical (unpaired) electrons. The summed E-state index contributed by atoms with van der Waals surface area (Å²) in [6.07, 6.45) is 3.27. The van der Waals surface area contributed by atoms with Gasteiger partial charge in [0, 0.05) is 24.9 Å². The van der Waals surface area contributed by atoms with Crippen molar-refractivity contribution in [2.24, 2.45) is 0 Å². The van der Waals surface area contributed by atoms with Gasteiger partial charge in [0.25, 0.3) is 5.91 Å². The van der Waals surface area contributed by atoms with Crippen molar-refractivity contribution in [2.75, 3.05) is 11.9 Å². The van der Waals surface area contributed by atoms with Gasteiger partial charge in [0.15, 0.2) is 0 Å². The number of carbonyl (C=O) groups excluding carboxylic acids is 2. The van der Waals surface area contributed by atoms with Crippen LogP contribution in [-0.4, -0.2) is 38.5 Å². The molecule has 0 aliphatic rings. The predicted octanol–water partition coefficient (Wildman–Crippen LogP) is 2.20. The normalized spacial score (nSPS) is 11.7. The molecule has 0 fully saturated rings. The van der Waals surface area contributed by atoms with Crippen LogP contribution in [0.1, 0.15) is 34.6 Å². The quantitative estimate of drug-likeness (QED) is 0.523. The number of rotatable bonds is 6. The van der Waals surface area contributed by atoms with Crippen molar-refractivity contribution in [2.45, 2.75) is 19.9 Å². The number of amides is 2. The van der Waals surface area contributed by atoms with E-state index < -0.39 is 6.04 Å². The molecule has 3 aromatic rings. The summed E-state index contributed by atoms with van der Waals surface area (Å²) in [6, 6.07) is 10.4. The van der Waals surface area contributed by atoms with Crippen LogP contribution in [0.25, 0.3) is 11.3 Å². The summed E-state index contributed by atoms with van der Waals surface area (Å²) < 4.78 is 0. The first-order valence-corrected chi connectivity index (χ1v) is 8.74. The fraction of sp³-hybridized carbons (Fsp3) is 0.200. The second-order valence-corrected chi connectivity index (χ2v) is 6.33. The average Bonchev–Trinajstić information content (AvgIpc) is 3.18. The highest BCUT2D eigenvalue weighted by Gasteiger charge is 2.17. The molecule has 0 bridgehead atoms. The molecular weight excluding hydrogens is 358 g/mol. The van der Waals surface area contributed by atoms with Gasteiger partial charge >= 0.3 is 0 Å². The maximum absolute atomic E-state index is 12.6. The molecule has 4 N–H and O–H groups in total. The molecular formula is C20H21N5O3. The first-order valence-electron chi connectivity index (χ1n) is 8.74. The zero-order valence-corrected chi connectivity index (χ0v) is 15.6. The van der Waals surface area contributed by atoms with Crippen molar-refractivity contribution in [3.05, 3.63) is 65.6 Å². The summed E-state index contributed by atoms with van der Waals surface area (Å²) in [6.45, 7) is 3.01. The monoisotopic (exact) mass is 379 g/mol. The summed E-state index contributed by atoms with van der Waals surface area (Å²) >= 11 is 0. The van der Waals surface area contributed by atoms with E-state index in [0.717, 1.165) is 11.1 Å². The maximum atomic E-state index is 12.6. The molecule has 0 aliphatic carbocycles. The number of nitrogens with zero attached hydrogens (tertiary/aromatic N) is 2. The summed E-state index contributed by atoms with van der Waals surface area (Å²) in [5, 5.41) is 15.0. The standard InChI is InChI=1S/C20H21N5O3/c1-12-9-22-20(23-13(2)27)25-18(12)15-8-16(21-10-15)19(28)24-17(11-26)14-6-4-3-5-7-14/h3-10,17,21,26H,11H2,1-2H3,(H,24,28)(H,22,23,25,27)/t17-/m1/s1. The number of carbonyl (C=O) groups is 2. The summed E-state index contributed by atoms with van der Waals surface area (Å²) in [5.41, 5.74) is 3.26. The van der Waals surface area contributed by atoms with Gasteiger partial charge in [0.2, 0.25) is 11.9 Å². The first kappa shape index (κ1) is 19.2. The fourth-order valence-corrected chi connectivity index (χ4v) is 2.77. The highest BCUT2D eigenvalue weighted by atomic mass is 16.3. The van der Waals surface area contributed by atoms with E-state index in [4.69, 9.17) is 0 Å². The second-order valence-electron chi connectivity index (χ2n) is 6.33. The van der Waals surface area contributed by atoms with Crippen molar-refractivity contribution >= 4 is 17.8 Å². The summed E-state index contributed by atoms with van der Waals surface area (Å²) in [7, 11) is 0. The van der Waals surface area contributed by atoms with Gasteiger partial charge in [-0.2, -0.15) is 0 Å². The van der Waals surface area contributed by atoms with E-state index in [0.29, 0.717) is 17.0 Å². The van der Waals surface area contributed by atoms with Crippen LogP contribution in [-0.2, 0) is 4.79 Å². The Labute approximate surface area is 162 Å². The topological polar surface area (TPSA) is 120 Å². The molecule has 2 heterocycles. The fourth-order valence-electron chi connectivity index (χ4n) is 2.77. The molecule has 8 heteroatoms. The predicted molar refractivity (Wildman–Crippen MR) is 105 cm³/mol. The lowest BCUT2D eigenvalue weighted by molar-refractivity contribution is -0.114. The van der Waals surface area contributed by atoms with Crippen molar-refractivity contribution in [1.29, 1.82) is 0 Å². The largest absolute Gasteiger partial charge is 0.394 e.